The second-order valence-corrected chi connectivity index (χ2v) is 3.55. The predicted molar refractivity (Wildman–Crippen MR) is 49.8 cm³/mol. The van der Waals surface area contributed by atoms with E-state index in [1.165, 1.54) is 0 Å². The number of nitrogens with one attached hydrogen (secondary N) is 1. The third-order valence-corrected chi connectivity index (χ3v) is 2.01. The molecule has 0 bridgehead atoms. The van der Waals surface area contributed by atoms with E-state index >= 15 is 0 Å². The number of esters is 1. The van der Waals surface area contributed by atoms with Gasteiger partial charge in [0.15, 0.2) is 0 Å². The van der Waals surface area contributed by atoms with E-state index in [9.17, 15) is 9.59 Å². The highest BCUT2D eigenvalue weighted by Crippen LogP contribution is 2.09. The molecule has 1 amide bonds. The van der Waals surface area contributed by atoms with Crippen LogP contribution in [0.25, 0.3) is 0 Å². The third kappa shape index (κ3) is 4.45. The third-order valence-electron chi connectivity index (χ3n) is 2.01. The van der Waals surface area contributed by atoms with Crippen molar-refractivity contribution >= 4 is 12.1 Å². The number of rotatable bonds is 6. The molecular weight excluding hydrogens is 218 g/mol. The highest BCUT2D eigenvalue weighted by atomic mass is 16.6. The monoisotopic (exact) mass is 231 g/mol. The molecule has 2 unspecified atom stereocenters. The zero-order valence-corrected chi connectivity index (χ0v) is 8.64. The van der Waals surface area contributed by atoms with Gasteiger partial charge in [0.2, 0.25) is 0 Å². The molecule has 7 heteroatoms. The molecule has 2 aliphatic heterocycles. The van der Waals surface area contributed by atoms with Gasteiger partial charge in [-0.1, -0.05) is 0 Å². The summed E-state index contributed by atoms with van der Waals surface area (Å²) in [7, 11) is 0. The second kappa shape index (κ2) is 5.13. The molecule has 0 saturated carbocycles. The molecule has 2 aliphatic rings. The molecule has 0 radical (unpaired) electrons. The van der Waals surface area contributed by atoms with Crippen molar-refractivity contribution in [1.82, 2.24) is 5.32 Å². The minimum atomic E-state index is -0.643. The number of hydrogen-bond donors (Lipinski definition) is 1. The first-order valence-corrected chi connectivity index (χ1v) is 5.03. The Balaban J connectivity index is 1.47. The standard InChI is InChI=1S/C9H13NO6/c11-8(15-4-6-2-13-6)1-10-9(12)16-5-7-3-14-7/h6-7H,1-5H2,(H,10,12). The van der Waals surface area contributed by atoms with Gasteiger partial charge in [-0.15, -0.1) is 0 Å². The van der Waals surface area contributed by atoms with Crippen LogP contribution < -0.4 is 5.32 Å². The predicted octanol–water partition coefficient (Wildman–Crippen LogP) is -0.947. The van der Waals surface area contributed by atoms with Gasteiger partial charge in [0, 0.05) is 0 Å². The summed E-state index contributed by atoms with van der Waals surface area (Å²) in [6, 6.07) is 0. The minimum Gasteiger partial charge on any atom is -0.462 e. The number of ether oxygens (including phenoxy) is 4. The van der Waals surface area contributed by atoms with Gasteiger partial charge in [0.25, 0.3) is 0 Å². The van der Waals surface area contributed by atoms with Crippen molar-refractivity contribution in [3.05, 3.63) is 0 Å². The van der Waals surface area contributed by atoms with Crippen LogP contribution >= 0.6 is 0 Å². The maximum atomic E-state index is 11.1. The Labute approximate surface area is 92.0 Å². The molecule has 2 saturated heterocycles. The molecule has 0 aromatic carbocycles. The highest BCUT2D eigenvalue weighted by Gasteiger charge is 2.25. The molecule has 0 aromatic rings. The normalized spacial score (nSPS) is 25.8. The summed E-state index contributed by atoms with van der Waals surface area (Å²) in [6.07, 6.45) is -0.595. The average molecular weight is 231 g/mol. The molecule has 16 heavy (non-hydrogen) atoms. The van der Waals surface area contributed by atoms with Crippen LogP contribution in [0.1, 0.15) is 0 Å². The van der Waals surface area contributed by atoms with Crippen molar-refractivity contribution < 1.29 is 28.5 Å². The van der Waals surface area contributed by atoms with Gasteiger partial charge in [0.05, 0.1) is 13.2 Å². The average Bonchev–Trinajstić information content (AvgIpc) is 3.15. The first-order valence-electron chi connectivity index (χ1n) is 5.03. The topological polar surface area (TPSA) is 89.7 Å². The number of alkyl carbamates (subject to hydrolysis) is 1. The van der Waals surface area contributed by atoms with E-state index in [-0.39, 0.29) is 32.0 Å². The number of amides is 1. The molecular formula is C9H13NO6. The zero-order chi connectivity index (χ0) is 11.4. The van der Waals surface area contributed by atoms with Crippen LogP contribution in [-0.2, 0) is 23.7 Å². The summed E-state index contributed by atoms with van der Waals surface area (Å²) in [4.78, 5) is 22.1. The fraction of sp³-hybridized carbons (Fsp3) is 0.778. The smallest absolute Gasteiger partial charge is 0.407 e. The van der Waals surface area contributed by atoms with E-state index in [2.05, 4.69) is 5.32 Å². The van der Waals surface area contributed by atoms with E-state index in [0.717, 1.165) is 0 Å². The van der Waals surface area contributed by atoms with E-state index in [1.54, 1.807) is 0 Å². The van der Waals surface area contributed by atoms with Crippen LogP contribution in [0.3, 0.4) is 0 Å². The molecule has 0 aliphatic carbocycles. The summed E-state index contributed by atoms with van der Waals surface area (Å²) < 4.78 is 19.2. The zero-order valence-electron chi connectivity index (χ0n) is 8.64. The summed E-state index contributed by atoms with van der Waals surface area (Å²) in [5, 5.41) is 2.28. The second-order valence-electron chi connectivity index (χ2n) is 3.55. The van der Waals surface area contributed by atoms with Crippen LogP contribution in [0.15, 0.2) is 0 Å². The van der Waals surface area contributed by atoms with Crippen molar-refractivity contribution in [3.63, 3.8) is 0 Å². The number of epoxide rings is 2. The van der Waals surface area contributed by atoms with Gasteiger partial charge in [-0.05, 0) is 0 Å². The largest absolute Gasteiger partial charge is 0.462 e. The van der Waals surface area contributed by atoms with Crippen LogP contribution in [0.2, 0.25) is 0 Å². The van der Waals surface area contributed by atoms with Crippen LogP contribution in [0.5, 0.6) is 0 Å². The molecule has 0 spiro atoms. The first-order chi connectivity index (χ1) is 7.74. The lowest BCUT2D eigenvalue weighted by Gasteiger charge is -2.05. The summed E-state index contributed by atoms with van der Waals surface area (Å²) in [5.41, 5.74) is 0. The molecule has 2 heterocycles. The Bertz CT molecular complexity index is 245. The Morgan fingerprint density at radius 2 is 1.69 bits per heavy atom. The lowest BCUT2D eigenvalue weighted by molar-refractivity contribution is -0.142. The van der Waals surface area contributed by atoms with Gasteiger partial charge in [0.1, 0.15) is 32.0 Å². The molecule has 2 atom stereocenters. The lowest BCUT2D eigenvalue weighted by Crippen LogP contribution is -2.32. The quantitative estimate of drug-likeness (QED) is 0.468. The highest BCUT2D eigenvalue weighted by molar-refractivity contribution is 5.77. The van der Waals surface area contributed by atoms with Gasteiger partial charge in [-0.3, -0.25) is 4.79 Å². The number of carbonyl (C=O) groups excluding carboxylic acids is 2. The van der Waals surface area contributed by atoms with Gasteiger partial charge >= 0.3 is 12.1 Å². The van der Waals surface area contributed by atoms with Crippen molar-refractivity contribution in [1.29, 1.82) is 0 Å². The van der Waals surface area contributed by atoms with Gasteiger partial charge < -0.3 is 24.3 Å². The van der Waals surface area contributed by atoms with Crippen LogP contribution in [0, 0.1) is 0 Å². The van der Waals surface area contributed by atoms with Crippen LogP contribution in [0.4, 0.5) is 4.79 Å². The van der Waals surface area contributed by atoms with Gasteiger partial charge in [-0.2, -0.15) is 0 Å². The molecule has 90 valence electrons. The molecule has 0 aromatic heterocycles. The Hall–Kier alpha value is -1.34. The molecule has 2 fully saturated rings. The van der Waals surface area contributed by atoms with Crippen molar-refractivity contribution in [3.8, 4) is 0 Å². The number of carbonyl (C=O) groups is 2. The fourth-order valence-electron chi connectivity index (χ4n) is 0.929. The first kappa shape index (κ1) is 11.2. The number of hydrogen-bond acceptors (Lipinski definition) is 6. The van der Waals surface area contributed by atoms with Crippen molar-refractivity contribution in [2.45, 2.75) is 12.2 Å². The summed E-state index contributed by atoms with van der Waals surface area (Å²) in [5.74, 6) is -0.505. The maximum absolute atomic E-state index is 11.1. The van der Waals surface area contributed by atoms with Crippen LogP contribution in [-0.4, -0.2) is 57.2 Å². The summed E-state index contributed by atoms with van der Waals surface area (Å²) in [6.45, 7) is 1.51. The fourth-order valence-corrected chi connectivity index (χ4v) is 0.929. The molecule has 1 N–H and O–H groups in total. The van der Waals surface area contributed by atoms with Crippen molar-refractivity contribution in [2.24, 2.45) is 0 Å². The minimum absolute atomic E-state index is 0.0183. The Morgan fingerprint density at radius 3 is 2.25 bits per heavy atom. The van der Waals surface area contributed by atoms with E-state index in [0.29, 0.717) is 13.2 Å². The Kier molecular flexibility index (Phi) is 3.58. The SMILES string of the molecule is O=C(CNC(=O)OCC1CO1)OCC1CO1. The Morgan fingerprint density at radius 1 is 1.12 bits per heavy atom. The lowest BCUT2D eigenvalue weighted by atomic mass is 10.5. The molecule has 7 nitrogen and oxygen atoms in total. The van der Waals surface area contributed by atoms with E-state index in [4.69, 9.17) is 18.9 Å². The van der Waals surface area contributed by atoms with Gasteiger partial charge in [-0.25, -0.2) is 4.79 Å². The maximum Gasteiger partial charge on any atom is 0.407 e. The van der Waals surface area contributed by atoms with E-state index < -0.39 is 12.1 Å². The van der Waals surface area contributed by atoms with E-state index in [1.807, 2.05) is 0 Å². The van der Waals surface area contributed by atoms with Crippen molar-refractivity contribution in [2.75, 3.05) is 33.0 Å². The summed E-state index contributed by atoms with van der Waals surface area (Å²) >= 11 is 0. The molecule has 2 rings (SSSR count).